The van der Waals surface area contributed by atoms with Crippen molar-refractivity contribution >= 4 is 44.7 Å². The molecule has 0 aliphatic carbocycles. The van der Waals surface area contributed by atoms with Crippen molar-refractivity contribution in [2.75, 3.05) is 5.32 Å². The van der Waals surface area contributed by atoms with Gasteiger partial charge in [-0.2, -0.15) is 5.10 Å². The molecule has 1 N–H and O–H groups in total. The summed E-state index contributed by atoms with van der Waals surface area (Å²) < 4.78 is 1.71. The minimum absolute atomic E-state index is 0.221. The molecule has 0 spiro atoms. The summed E-state index contributed by atoms with van der Waals surface area (Å²) in [5, 5.41) is 10.6. The van der Waals surface area contributed by atoms with Gasteiger partial charge in [0.2, 0.25) is 0 Å². The van der Waals surface area contributed by atoms with Crippen LogP contribution in [-0.4, -0.2) is 25.7 Å². The highest BCUT2D eigenvalue weighted by atomic mass is 32.1. The molecule has 25 heavy (non-hydrogen) atoms. The lowest BCUT2D eigenvalue weighted by atomic mass is 10.2. The van der Waals surface area contributed by atoms with Crippen molar-refractivity contribution in [2.24, 2.45) is 7.05 Å². The second-order valence-corrected chi connectivity index (χ2v) is 7.85. The molecule has 0 aromatic carbocycles. The Balaban J connectivity index is 1.58. The van der Waals surface area contributed by atoms with Gasteiger partial charge in [0.15, 0.2) is 10.8 Å². The quantitative estimate of drug-likeness (QED) is 0.592. The number of aryl methyl sites for hydroxylation is 3. The van der Waals surface area contributed by atoms with Crippen molar-refractivity contribution in [2.45, 2.75) is 13.8 Å². The van der Waals surface area contributed by atoms with Crippen molar-refractivity contribution in [1.29, 1.82) is 0 Å². The zero-order valence-corrected chi connectivity index (χ0v) is 15.5. The van der Waals surface area contributed by atoms with Gasteiger partial charge in [0.05, 0.1) is 21.8 Å². The van der Waals surface area contributed by atoms with Gasteiger partial charge in [-0.05, 0) is 32.0 Å². The molecule has 4 heterocycles. The molecule has 0 bridgehead atoms. The number of thiazole rings is 1. The van der Waals surface area contributed by atoms with Gasteiger partial charge < -0.3 is 0 Å². The Morgan fingerprint density at radius 3 is 2.88 bits per heavy atom. The monoisotopic (exact) mass is 369 g/mol. The highest BCUT2D eigenvalue weighted by Gasteiger charge is 2.14. The molecule has 0 radical (unpaired) electrons. The van der Waals surface area contributed by atoms with Crippen LogP contribution < -0.4 is 5.32 Å². The Bertz CT molecular complexity index is 1090. The third-order valence-corrected chi connectivity index (χ3v) is 5.62. The third kappa shape index (κ3) is 2.94. The lowest BCUT2D eigenvalue weighted by molar-refractivity contribution is 0.102. The van der Waals surface area contributed by atoms with Crippen molar-refractivity contribution in [3.63, 3.8) is 0 Å². The third-order valence-electron chi connectivity index (χ3n) is 3.84. The van der Waals surface area contributed by atoms with Gasteiger partial charge in [-0.1, -0.05) is 0 Å². The number of nitrogens with zero attached hydrogens (tertiary/aromatic N) is 4. The number of amides is 1. The number of anilines is 1. The van der Waals surface area contributed by atoms with E-state index in [0.29, 0.717) is 10.7 Å². The maximum absolute atomic E-state index is 12.5. The van der Waals surface area contributed by atoms with Gasteiger partial charge in [0.1, 0.15) is 0 Å². The van der Waals surface area contributed by atoms with E-state index in [4.69, 9.17) is 0 Å². The van der Waals surface area contributed by atoms with Crippen LogP contribution in [0.15, 0.2) is 29.8 Å². The first-order valence-electron chi connectivity index (χ1n) is 7.64. The minimum atomic E-state index is -0.221. The number of hydrogen-bond donors (Lipinski definition) is 1. The maximum Gasteiger partial charge on any atom is 0.259 e. The average Bonchev–Trinajstić information content (AvgIpc) is 3.28. The Labute approximate surface area is 152 Å². The number of aromatic nitrogens is 4. The minimum Gasteiger partial charge on any atom is -0.298 e. The van der Waals surface area contributed by atoms with E-state index in [-0.39, 0.29) is 5.91 Å². The Kier molecular flexibility index (Phi) is 3.85. The fraction of sp³-hybridized carbons (Fsp3) is 0.176. The largest absolute Gasteiger partial charge is 0.298 e. The summed E-state index contributed by atoms with van der Waals surface area (Å²) in [6.45, 7) is 3.97. The summed E-state index contributed by atoms with van der Waals surface area (Å²) in [4.78, 5) is 23.7. The van der Waals surface area contributed by atoms with Crippen LogP contribution in [-0.2, 0) is 7.05 Å². The van der Waals surface area contributed by atoms with E-state index in [1.165, 1.54) is 16.2 Å². The topological polar surface area (TPSA) is 72.7 Å². The molecule has 0 saturated carbocycles. The SMILES string of the molecule is Cc1ccc(-c2csc(NC(=O)c3cnc4c(c3)c(C)nn4C)n2)s1. The Hall–Kier alpha value is -2.58. The van der Waals surface area contributed by atoms with E-state index in [1.54, 1.807) is 22.2 Å². The predicted octanol–water partition coefficient (Wildman–Crippen LogP) is 4.02. The lowest BCUT2D eigenvalue weighted by Crippen LogP contribution is -2.12. The number of hydrogen-bond acceptors (Lipinski definition) is 6. The molecule has 0 fully saturated rings. The first-order valence-corrected chi connectivity index (χ1v) is 9.34. The standard InChI is InChI=1S/C17H15N5OS2/c1-9-4-5-14(25-9)13-8-24-17(19-13)20-16(23)11-6-12-10(2)21-22(3)15(12)18-7-11/h4-8H,1-3H3,(H,19,20,23). The van der Waals surface area contributed by atoms with Gasteiger partial charge in [-0.3, -0.25) is 14.8 Å². The van der Waals surface area contributed by atoms with Crippen molar-refractivity contribution < 1.29 is 4.79 Å². The first-order chi connectivity index (χ1) is 12.0. The zero-order valence-electron chi connectivity index (χ0n) is 13.9. The van der Waals surface area contributed by atoms with Crippen LogP contribution in [0.1, 0.15) is 20.9 Å². The molecule has 8 heteroatoms. The fourth-order valence-corrected chi connectivity index (χ4v) is 4.23. The van der Waals surface area contributed by atoms with E-state index >= 15 is 0 Å². The molecule has 6 nitrogen and oxygen atoms in total. The summed E-state index contributed by atoms with van der Waals surface area (Å²) in [5.41, 5.74) is 2.99. The van der Waals surface area contributed by atoms with Gasteiger partial charge in [-0.25, -0.2) is 9.97 Å². The van der Waals surface area contributed by atoms with E-state index in [2.05, 4.69) is 33.4 Å². The summed E-state index contributed by atoms with van der Waals surface area (Å²) in [6.07, 6.45) is 1.57. The fourth-order valence-electron chi connectivity index (χ4n) is 2.62. The molecule has 0 unspecified atom stereocenters. The molecular weight excluding hydrogens is 354 g/mol. The van der Waals surface area contributed by atoms with Gasteiger partial charge in [-0.15, -0.1) is 22.7 Å². The molecular formula is C17H15N5OS2. The number of nitrogens with one attached hydrogen (secondary N) is 1. The average molecular weight is 369 g/mol. The zero-order chi connectivity index (χ0) is 17.6. The smallest absolute Gasteiger partial charge is 0.259 e. The van der Waals surface area contributed by atoms with Crippen LogP contribution >= 0.6 is 22.7 Å². The van der Waals surface area contributed by atoms with Crippen molar-refractivity contribution in [1.82, 2.24) is 19.7 Å². The van der Waals surface area contributed by atoms with Crippen LogP contribution in [0.3, 0.4) is 0 Å². The van der Waals surface area contributed by atoms with Crippen molar-refractivity contribution in [3.05, 3.63) is 45.9 Å². The molecule has 0 atom stereocenters. The highest BCUT2D eigenvalue weighted by molar-refractivity contribution is 7.17. The second-order valence-electron chi connectivity index (χ2n) is 5.71. The predicted molar refractivity (Wildman–Crippen MR) is 101 cm³/mol. The lowest BCUT2D eigenvalue weighted by Gasteiger charge is -2.02. The van der Waals surface area contributed by atoms with Crippen LogP contribution in [0, 0.1) is 13.8 Å². The summed E-state index contributed by atoms with van der Waals surface area (Å²) in [5.74, 6) is -0.221. The molecule has 126 valence electrons. The van der Waals surface area contributed by atoms with Gasteiger partial charge >= 0.3 is 0 Å². The first kappa shape index (κ1) is 15.9. The number of pyridine rings is 1. The van der Waals surface area contributed by atoms with E-state index in [1.807, 2.05) is 31.5 Å². The molecule has 0 aliphatic rings. The molecule has 1 amide bonds. The van der Waals surface area contributed by atoms with Crippen LogP contribution in [0.2, 0.25) is 0 Å². The van der Waals surface area contributed by atoms with Crippen LogP contribution in [0.25, 0.3) is 21.6 Å². The van der Waals surface area contributed by atoms with E-state index in [9.17, 15) is 4.79 Å². The van der Waals surface area contributed by atoms with E-state index < -0.39 is 0 Å². The molecule has 0 aliphatic heterocycles. The number of carbonyl (C=O) groups is 1. The number of thiophene rings is 1. The number of carbonyl (C=O) groups excluding carboxylic acids is 1. The summed E-state index contributed by atoms with van der Waals surface area (Å²) >= 11 is 3.10. The van der Waals surface area contributed by atoms with Crippen LogP contribution in [0.5, 0.6) is 0 Å². The van der Waals surface area contributed by atoms with Crippen molar-refractivity contribution in [3.8, 4) is 10.6 Å². The van der Waals surface area contributed by atoms with Crippen LogP contribution in [0.4, 0.5) is 5.13 Å². The number of fused-ring (bicyclic) bond motifs is 1. The second kappa shape index (κ2) is 6.05. The Morgan fingerprint density at radius 1 is 1.28 bits per heavy atom. The van der Waals surface area contributed by atoms with Gasteiger partial charge in [0, 0.05) is 28.9 Å². The Morgan fingerprint density at radius 2 is 2.12 bits per heavy atom. The highest BCUT2D eigenvalue weighted by Crippen LogP contribution is 2.30. The molecule has 0 saturated heterocycles. The number of rotatable bonds is 3. The summed E-state index contributed by atoms with van der Waals surface area (Å²) in [7, 11) is 1.84. The summed E-state index contributed by atoms with van der Waals surface area (Å²) in [6, 6.07) is 5.93. The normalized spacial score (nSPS) is 11.2. The molecule has 4 rings (SSSR count). The molecule has 4 aromatic rings. The van der Waals surface area contributed by atoms with Gasteiger partial charge in [0.25, 0.3) is 5.91 Å². The molecule has 4 aromatic heterocycles. The van der Waals surface area contributed by atoms with E-state index in [0.717, 1.165) is 27.3 Å². The maximum atomic E-state index is 12.5.